The van der Waals surface area contributed by atoms with Crippen LogP contribution in [0, 0.1) is 15.9 Å². The molecule has 1 heterocycles. The number of methoxy groups -OCH3 is 2. The van der Waals surface area contributed by atoms with Crippen LogP contribution in [0.25, 0.3) is 0 Å². The number of benzene rings is 3. The van der Waals surface area contributed by atoms with Crippen molar-refractivity contribution in [3.8, 4) is 11.5 Å². The van der Waals surface area contributed by atoms with Crippen molar-refractivity contribution in [2.75, 3.05) is 32.6 Å². The highest BCUT2D eigenvalue weighted by molar-refractivity contribution is 5.94. The summed E-state index contributed by atoms with van der Waals surface area (Å²) >= 11 is 0. The molecule has 1 aliphatic heterocycles. The van der Waals surface area contributed by atoms with Gasteiger partial charge in [-0.25, -0.2) is 4.39 Å². The summed E-state index contributed by atoms with van der Waals surface area (Å²) in [5.41, 5.74) is 2.55. The summed E-state index contributed by atoms with van der Waals surface area (Å²) < 4.78 is 24.4. The number of nitro benzene ring substituents is 1. The molecule has 0 aliphatic carbocycles. The molecular formula is C25H24FN3O5. The Morgan fingerprint density at radius 3 is 2.50 bits per heavy atom. The van der Waals surface area contributed by atoms with E-state index in [1.807, 2.05) is 47.4 Å². The van der Waals surface area contributed by atoms with E-state index < -0.39 is 22.3 Å². The van der Waals surface area contributed by atoms with Gasteiger partial charge in [0.25, 0.3) is 5.69 Å². The van der Waals surface area contributed by atoms with E-state index in [2.05, 4.69) is 5.32 Å². The quantitative estimate of drug-likeness (QED) is 0.412. The van der Waals surface area contributed by atoms with Crippen LogP contribution in [0.4, 0.5) is 15.8 Å². The third-order valence-corrected chi connectivity index (χ3v) is 5.87. The van der Waals surface area contributed by atoms with E-state index in [1.165, 1.54) is 6.07 Å². The number of anilines is 1. The Labute approximate surface area is 196 Å². The van der Waals surface area contributed by atoms with Crippen LogP contribution in [-0.4, -0.2) is 43.0 Å². The average Bonchev–Trinajstić information content (AvgIpc) is 2.84. The first-order chi connectivity index (χ1) is 16.4. The number of hydrogen-bond acceptors (Lipinski definition) is 6. The maximum atomic E-state index is 13.5. The Bertz CT molecular complexity index is 1220. The molecule has 1 unspecified atom stereocenters. The van der Waals surface area contributed by atoms with Crippen LogP contribution >= 0.6 is 0 Å². The SMILES string of the molecule is COc1cc2c(cc1OC)C(c1ccccc1)N(CC(=O)Nc1ccc(F)cc1[N+](=O)[O-])CC2. The van der Waals surface area contributed by atoms with Crippen LogP contribution in [0.1, 0.15) is 22.7 Å². The molecule has 0 fully saturated rings. The predicted molar refractivity (Wildman–Crippen MR) is 125 cm³/mol. The number of carbonyl (C=O) groups excluding carboxylic acids is 1. The molecule has 9 heteroatoms. The van der Waals surface area contributed by atoms with Crippen molar-refractivity contribution in [2.45, 2.75) is 12.5 Å². The molecule has 4 rings (SSSR count). The summed E-state index contributed by atoms with van der Waals surface area (Å²) in [6.07, 6.45) is 0.684. The molecule has 0 bridgehead atoms. The summed E-state index contributed by atoms with van der Waals surface area (Å²) in [4.78, 5) is 25.5. The predicted octanol–water partition coefficient (Wildman–Crippen LogP) is 4.34. The highest BCUT2D eigenvalue weighted by atomic mass is 19.1. The molecule has 1 amide bonds. The van der Waals surface area contributed by atoms with Crippen LogP contribution in [0.3, 0.4) is 0 Å². The highest BCUT2D eigenvalue weighted by Crippen LogP contribution is 2.41. The zero-order valence-corrected chi connectivity index (χ0v) is 18.8. The molecule has 3 aromatic rings. The summed E-state index contributed by atoms with van der Waals surface area (Å²) in [5, 5.41) is 13.9. The van der Waals surface area contributed by atoms with Gasteiger partial charge in [-0.05, 0) is 47.4 Å². The average molecular weight is 465 g/mol. The number of hydrogen-bond donors (Lipinski definition) is 1. The van der Waals surface area contributed by atoms with Crippen molar-refractivity contribution in [3.05, 3.63) is 93.3 Å². The minimum atomic E-state index is -0.745. The number of carbonyl (C=O) groups is 1. The van der Waals surface area contributed by atoms with Crippen LogP contribution in [0.15, 0.2) is 60.7 Å². The first kappa shape index (κ1) is 23.2. The number of halogens is 1. The first-order valence-corrected chi connectivity index (χ1v) is 10.7. The molecule has 3 aromatic carbocycles. The van der Waals surface area contributed by atoms with Crippen molar-refractivity contribution in [2.24, 2.45) is 0 Å². The lowest BCUT2D eigenvalue weighted by atomic mass is 9.87. The van der Waals surface area contributed by atoms with Crippen LogP contribution in [0.2, 0.25) is 0 Å². The summed E-state index contributed by atoms with van der Waals surface area (Å²) in [6, 6.07) is 16.5. The maximum absolute atomic E-state index is 13.5. The van der Waals surface area contributed by atoms with Crippen LogP contribution in [-0.2, 0) is 11.2 Å². The monoisotopic (exact) mass is 465 g/mol. The van der Waals surface area contributed by atoms with Gasteiger partial charge in [0.1, 0.15) is 11.5 Å². The van der Waals surface area contributed by atoms with Crippen molar-refractivity contribution >= 4 is 17.3 Å². The second kappa shape index (κ2) is 9.88. The molecule has 176 valence electrons. The van der Waals surface area contributed by atoms with Crippen molar-refractivity contribution in [1.29, 1.82) is 0 Å². The van der Waals surface area contributed by atoms with Crippen molar-refractivity contribution in [3.63, 3.8) is 0 Å². The van der Waals surface area contributed by atoms with E-state index in [4.69, 9.17) is 9.47 Å². The Kier molecular flexibility index (Phi) is 6.74. The Morgan fingerprint density at radius 2 is 1.82 bits per heavy atom. The number of fused-ring (bicyclic) bond motifs is 1. The first-order valence-electron chi connectivity index (χ1n) is 10.7. The highest BCUT2D eigenvalue weighted by Gasteiger charge is 2.32. The van der Waals surface area contributed by atoms with Gasteiger partial charge in [-0.15, -0.1) is 0 Å². The number of nitrogens with one attached hydrogen (secondary N) is 1. The molecule has 0 aromatic heterocycles. The molecule has 1 N–H and O–H groups in total. The summed E-state index contributed by atoms with van der Waals surface area (Å²) in [5.74, 6) is 0.0590. The van der Waals surface area contributed by atoms with Crippen LogP contribution < -0.4 is 14.8 Å². The normalized spacial score (nSPS) is 15.3. The molecule has 1 atom stereocenters. The van der Waals surface area contributed by atoms with Crippen LogP contribution in [0.5, 0.6) is 11.5 Å². The lowest BCUT2D eigenvalue weighted by Gasteiger charge is -2.37. The van der Waals surface area contributed by atoms with E-state index in [1.54, 1.807) is 14.2 Å². The van der Waals surface area contributed by atoms with Crippen molar-refractivity contribution < 1.29 is 23.6 Å². The third-order valence-electron chi connectivity index (χ3n) is 5.87. The van der Waals surface area contributed by atoms with Gasteiger partial charge < -0.3 is 14.8 Å². The van der Waals surface area contributed by atoms with E-state index in [0.717, 1.165) is 28.8 Å². The Morgan fingerprint density at radius 1 is 1.12 bits per heavy atom. The zero-order chi connectivity index (χ0) is 24.2. The fourth-order valence-electron chi connectivity index (χ4n) is 4.33. The zero-order valence-electron chi connectivity index (χ0n) is 18.8. The largest absolute Gasteiger partial charge is 0.493 e. The number of ether oxygens (including phenoxy) is 2. The lowest BCUT2D eigenvalue weighted by Crippen LogP contribution is -2.41. The second-order valence-corrected chi connectivity index (χ2v) is 7.91. The lowest BCUT2D eigenvalue weighted by molar-refractivity contribution is -0.384. The Hall–Kier alpha value is -3.98. The maximum Gasteiger partial charge on any atom is 0.295 e. The van der Waals surface area contributed by atoms with E-state index in [-0.39, 0.29) is 18.3 Å². The van der Waals surface area contributed by atoms with E-state index in [0.29, 0.717) is 24.5 Å². The number of nitrogens with zero attached hydrogens (tertiary/aromatic N) is 2. The standard InChI is InChI=1S/C25H24FN3O5/c1-33-22-12-17-10-11-28(15-24(30)27-20-9-8-18(26)13-21(20)29(31)32)25(16-6-4-3-5-7-16)19(17)14-23(22)34-2/h3-9,12-14,25H,10-11,15H2,1-2H3,(H,27,30). The fraction of sp³-hybridized carbons (Fsp3) is 0.240. The summed E-state index contributed by atoms with van der Waals surface area (Å²) in [7, 11) is 3.17. The molecule has 8 nitrogen and oxygen atoms in total. The molecule has 0 spiro atoms. The van der Waals surface area contributed by atoms with Gasteiger partial charge in [0, 0.05) is 6.54 Å². The molecule has 0 saturated carbocycles. The molecule has 1 aliphatic rings. The van der Waals surface area contributed by atoms with Gasteiger partial charge in [-0.2, -0.15) is 0 Å². The van der Waals surface area contributed by atoms with E-state index in [9.17, 15) is 19.3 Å². The van der Waals surface area contributed by atoms with Gasteiger partial charge in [0.2, 0.25) is 5.91 Å². The molecular weight excluding hydrogens is 441 g/mol. The smallest absolute Gasteiger partial charge is 0.295 e. The molecule has 34 heavy (non-hydrogen) atoms. The van der Waals surface area contributed by atoms with Crippen molar-refractivity contribution in [1.82, 2.24) is 4.90 Å². The minimum Gasteiger partial charge on any atom is -0.493 e. The Balaban J connectivity index is 1.66. The topological polar surface area (TPSA) is 93.9 Å². The summed E-state index contributed by atoms with van der Waals surface area (Å²) in [6.45, 7) is 0.572. The second-order valence-electron chi connectivity index (χ2n) is 7.91. The van der Waals surface area contributed by atoms with Gasteiger partial charge in [0.15, 0.2) is 11.5 Å². The van der Waals surface area contributed by atoms with Gasteiger partial charge in [-0.1, -0.05) is 30.3 Å². The number of amides is 1. The minimum absolute atomic E-state index is 0.0120. The van der Waals surface area contributed by atoms with E-state index >= 15 is 0 Å². The van der Waals surface area contributed by atoms with Gasteiger partial charge >= 0.3 is 0 Å². The fourth-order valence-corrected chi connectivity index (χ4v) is 4.33. The van der Waals surface area contributed by atoms with Gasteiger partial charge in [-0.3, -0.25) is 19.8 Å². The number of nitro groups is 1. The number of rotatable bonds is 7. The molecule has 0 radical (unpaired) electrons. The van der Waals surface area contributed by atoms with Gasteiger partial charge in [0.05, 0.1) is 37.8 Å². The molecule has 0 saturated heterocycles. The third kappa shape index (κ3) is 4.69.